The average molecular weight is 346 g/mol. The quantitative estimate of drug-likeness (QED) is 0.911. The Bertz CT molecular complexity index is 511. The highest BCUT2D eigenvalue weighted by Crippen LogP contribution is 2.31. The first-order valence-electron chi connectivity index (χ1n) is 6.39. The van der Waals surface area contributed by atoms with Gasteiger partial charge in [0.1, 0.15) is 5.82 Å². The van der Waals surface area contributed by atoms with Crippen LogP contribution < -0.4 is 0 Å². The fraction of sp³-hybridized carbons (Fsp3) is 0.500. The van der Waals surface area contributed by atoms with Gasteiger partial charge in [-0.15, -0.1) is 0 Å². The predicted octanol–water partition coefficient (Wildman–Crippen LogP) is 2.68. The van der Waals surface area contributed by atoms with Gasteiger partial charge in [0.2, 0.25) is 0 Å². The summed E-state index contributed by atoms with van der Waals surface area (Å²) in [5, 5.41) is 9.21. The van der Waals surface area contributed by atoms with Crippen LogP contribution in [0, 0.1) is 11.7 Å². The maximum atomic E-state index is 13.1. The largest absolute Gasteiger partial charge is 0.481 e. The summed E-state index contributed by atoms with van der Waals surface area (Å²) < 4.78 is 19.1. The lowest BCUT2D eigenvalue weighted by molar-refractivity contribution is -0.143. The van der Waals surface area contributed by atoms with Crippen LogP contribution in [0.1, 0.15) is 18.5 Å². The third-order valence-corrected chi connectivity index (χ3v) is 4.60. The second-order valence-electron chi connectivity index (χ2n) is 5.06. The fourth-order valence-electron chi connectivity index (χ4n) is 2.53. The van der Waals surface area contributed by atoms with Crippen LogP contribution in [0.5, 0.6) is 0 Å². The van der Waals surface area contributed by atoms with Gasteiger partial charge in [-0.2, -0.15) is 0 Å². The van der Waals surface area contributed by atoms with Crippen LogP contribution in [0.3, 0.4) is 0 Å². The summed E-state index contributed by atoms with van der Waals surface area (Å²) in [7, 11) is 1.87. The molecule has 1 aliphatic rings. The lowest BCUT2D eigenvalue weighted by atomic mass is 9.99. The van der Waals surface area contributed by atoms with E-state index in [1.807, 2.05) is 18.9 Å². The van der Waals surface area contributed by atoms with Crippen LogP contribution in [-0.2, 0) is 9.53 Å². The number of aliphatic carboxylic acids is 1. The van der Waals surface area contributed by atoms with E-state index in [-0.39, 0.29) is 24.5 Å². The summed E-state index contributed by atoms with van der Waals surface area (Å²) in [4.78, 5) is 13.2. The Balaban J connectivity index is 2.19. The molecule has 0 spiro atoms. The molecule has 2 rings (SSSR count). The van der Waals surface area contributed by atoms with E-state index in [0.717, 1.165) is 5.56 Å². The predicted molar refractivity (Wildman–Crippen MR) is 76.0 cm³/mol. The molecule has 1 aromatic carbocycles. The topological polar surface area (TPSA) is 49.8 Å². The minimum atomic E-state index is -0.843. The zero-order valence-corrected chi connectivity index (χ0v) is 12.9. The smallest absolute Gasteiger partial charge is 0.310 e. The van der Waals surface area contributed by atoms with Crippen LogP contribution in [-0.4, -0.2) is 42.3 Å². The molecule has 6 heteroatoms. The molecule has 1 heterocycles. The van der Waals surface area contributed by atoms with Gasteiger partial charge in [0.05, 0.1) is 19.1 Å². The molecule has 1 N–H and O–H groups in total. The molecule has 3 unspecified atom stereocenters. The van der Waals surface area contributed by atoms with Crippen molar-refractivity contribution in [3.8, 4) is 0 Å². The molecule has 20 heavy (non-hydrogen) atoms. The average Bonchev–Trinajstić information content (AvgIpc) is 2.86. The molecule has 0 aliphatic carbocycles. The molecule has 3 atom stereocenters. The van der Waals surface area contributed by atoms with E-state index < -0.39 is 11.9 Å². The van der Waals surface area contributed by atoms with Gasteiger partial charge in [-0.25, -0.2) is 4.39 Å². The molecule has 1 aliphatic heterocycles. The van der Waals surface area contributed by atoms with E-state index in [2.05, 4.69) is 15.9 Å². The van der Waals surface area contributed by atoms with Gasteiger partial charge in [-0.05, 0) is 31.7 Å². The van der Waals surface area contributed by atoms with E-state index in [1.54, 1.807) is 6.07 Å². The Morgan fingerprint density at radius 2 is 2.25 bits per heavy atom. The van der Waals surface area contributed by atoms with Crippen molar-refractivity contribution in [1.29, 1.82) is 0 Å². The molecule has 4 nitrogen and oxygen atoms in total. The molecule has 1 fully saturated rings. The normalized spacial score (nSPS) is 24.1. The zero-order valence-electron chi connectivity index (χ0n) is 11.3. The Morgan fingerprint density at radius 1 is 1.55 bits per heavy atom. The van der Waals surface area contributed by atoms with Crippen molar-refractivity contribution in [2.75, 3.05) is 20.3 Å². The van der Waals surface area contributed by atoms with Crippen LogP contribution in [0.15, 0.2) is 22.7 Å². The number of hydrogen-bond donors (Lipinski definition) is 1. The number of carbonyl (C=O) groups is 1. The number of rotatable bonds is 4. The zero-order chi connectivity index (χ0) is 14.9. The summed E-state index contributed by atoms with van der Waals surface area (Å²) >= 11 is 3.35. The molecule has 0 radical (unpaired) electrons. The first kappa shape index (κ1) is 15.4. The van der Waals surface area contributed by atoms with Crippen molar-refractivity contribution < 1.29 is 19.0 Å². The van der Waals surface area contributed by atoms with Gasteiger partial charge < -0.3 is 9.84 Å². The summed E-state index contributed by atoms with van der Waals surface area (Å²) in [6.45, 7) is 2.60. The summed E-state index contributed by atoms with van der Waals surface area (Å²) in [6.07, 6.45) is 0. The van der Waals surface area contributed by atoms with Crippen molar-refractivity contribution in [2.45, 2.75) is 19.0 Å². The standard InChI is InChI=1S/C14H17BrFNO3/c1-8(10-4-3-9(16)5-12(10)15)17(2)13-7-20-6-11(13)14(18)19/h3-5,8,11,13H,6-7H2,1-2H3,(H,18,19). The molecule has 1 saturated heterocycles. The maximum Gasteiger partial charge on any atom is 0.310 e. The van der Waals surface area contributed by atoms with E-state index in [0.29, 0.717) is 11.1 Å². The monoisotopic (exact) mass is 345 g/mol. The van der Waals surface area contributed by atoms with Crippen molar-refractivity contribution >= 4 is 21.9 Å². The molecule has 110 valence electrons. The molecule has 1 aromatic rings. The van der Waals surface area contributed by atoms with Gasteiger partial charge in [-0.3, -0.25) is 9.69 Å². The van der Waals surface area contributed by atoms with Crippen LogP contribution in [0.25, 0.3) is 0 Å². The first-order chi connectivity index (χ1) is 9.41. The Labute approximate surface area is 125 Å². The highest BCUT2D eigenvalue weighted by Gasteiger charge is 2.38. The van der Waals surface area contributed by atoms with Crippen molar-refractivity contribution in [2.24, 2.45) is 5.92 Å². The summed E-state index contributed by atoms with van der Waals surface area (Å²) in [6, 6.07) is 4.31. The number of carboxylic acids is 1. The molecular weight excluding hydrogens is 329 g/mol. The van der Waals surface area contributed by atoms with Gasteiger partial charge in [0, 0.05) is 16.6 Å². The lowest BCUT2D eigenvalue weighted by Crippen LogP contribution is -2.42. The highest BCUT2D eigenvalue weighted by molar-refractivity contribution is 9.10. The van der Waals surface area contributed by atoms with Crippen LogP contribution in [0.4, 0.5) is 4.39 Å². The number of benzene rings is 1. The first-order valence-corrected chi connectivity index (χ1v) is 7.18. The molecular formula is C14H17BrFNO3. The number of carboxylic acid groups (broad SMARTS) is 1. The van der Waals surface area contributed by atoms with E-state index in [4.69, 9.17) is 4.74 Å². The van der Waals surface area contributed by atoms with Gasteiger partial charge in [-0.1, -0.05) is 22.0 Å². The summed E-state index contributed by atoms with van der Waals surface area (Å²) in [5.41, 5.74) is 0.921. The van der Waals surface area contributed by atoms with Gasteiger partial charge in [0.25, 0.3) is 0 Å². The van der Waals surface area contributed by atoms with Gasteiger partial charge >= 0.3 is 5.97 Å². The van der Waals surface area contributed by atoms with Crippen molar-refractivity contribution in [3.05, 3.63) is 34.1 Å². The second kappa shape index (κ2) is 6.20. The van der Waals surface area contributed by atoms with E-state index in [9.17, 15) is 14.3 Å². The number of nitrogens with zero attached hydrogens (tertiary/aromatic N) is 1. The minimum Gasteiger partial charge on any atom is -0.481 e. The molecule has 0 aromatic heterocycles. The van der Waals surface area contributed by atoms with E-state index in [1.165, 1.54) is 12.1 Å². The Morgan fingerprint density at radius 3 is 2.85 bits per heavy atom. The minimum absolute atomic E-state index is 0.0430. The molecule has 0 bridgehead atoms. The molecule has 0 saturated carbocycles. The third kappa shape index (κ3) is 3.02. The Kier molecular flexibility index (Phi) is 4.78. The van der Waals surface area contributed by atoms with E-state index >= 15 is 0 Å². The number of hydrogen-bond acceptors (Lipinski definition) is 3. The second-order valence-corrected chi connectivity index (χ2v) is 5.91. The number of ether oxygens (including phenoxy) is 1. The van der Waals surface area contributed by atoms with Crippen LogP contribution >= 0.6 is 15.9 Å². The third-order valence-electron chi connectivity index (χ3n) is 3.91. The van der Waals surface area contributed by atoms with Gasteiger partial charge in [0.15, 0.2) is 0 Å². The number of likely N-dealkylation sites (N-methyl/N-ethyl adjacent to an activating group) is 1. The Hall–Kier alpha value is -0.980. The fourth-order valence-corrected chi connectivity index (χ4v) is 3.21. The highest BCUT2D eigenvalue weighted by atomic mass is 79.9. The van der Waals surface area contributed by atoms with Crippen molar-refractivity contribution in [3.63, 3.8) is 0 Å². The maximum absolute atomic E-state index is 13.1. The summed E-state index contributed by atoms with van der Waals surface area (Å²) in [5.74, 6) is -1.67. The number of halogens is 2. The van der Waals surface area contributed by atoms with Crippen LogP contribution in [0.2, 0.25) is 0 Å². The molecule has 0 amide bonds. The lowest BCUT2D eigenvalue weighted by Gasteiger charge is -2.32. The van der Waals surface area contributed by atoms with Crippen molar-refractivity contribution in [1.82, 2.24) is 4.90 Å². The SMILES string of the molecule is CC(c1ccc(F)cc1Br)N(C)C1COCC1C(=O)O.